The largest absolute Gasteiger partial charge is 0.462 e. The number of ether oxygens (including phenoxy) is 1. The second-order valence-corrected chi connectivity index (χ2v) is 9.30. The van der Waals surface area contributed by atoms with Crippen molar-refractivity contribution in [1.29, 1.82) is 0 Å². The molecule has 36 heavy (non-hydrogen) atoms. The molecule has 0 spiro atoms. The van der Waals surface area contributed by atoms with E-state index in [1.165, 1.54) is 6.20 Å². The van der Waals surface area contributed by atoms with Crippen molar-refractivity contribution in [1.82, 2.24) is 19.4 Å². The van der Waals surface area contributed by atoms with E-state index in [9.17, 15) is 14.4 Å². The number of carbonyl (C=O) groups excluding carboxylic acids is 2. The zero-order chi connectivity index (χ0) is 25.1. The van der Waals surface area contributed by atoms with Gasteiger partial charge >= 0.3 is 5.97 Å². The molecule has 2 aliphatic rings. The van der Waals surface area contributed by atoms with Crippen molar-refractivity contribution in [2.24, 2.45) is 0 Å². The molecule has 1 saturated carbocycles. The van der Waals surface area contributed by atoms with Gasteiger partial charge in [-0.25, -0.2) is 14.8 Å². The number of nitrogens with zero attached hydrogens (tertiary/aromatic N) is 5. The number of carbonyl (C=O) groups is 2. The standard InChI is InChI=1S/C27H31N5O4/c1-2-36-27(35)19-8-11-23(28-18-19)30-14-5-15-31(17-16-30)25(33)13-12-24-29-22-7-4-3-6-21(22)26(34)32(24)20-9-10-20/h3-4,6-8,11,18,20H,2,5,9-10,12-17H2,1H3. The van der Waals surface area contributed by atoms with E-state index < -0.39 is 0 Å². The molecule has 0 N–H and O–H groups in total. The summed E-state index contributed by atoms with van der Waals surface area (Å²) >= 11 is 0. The van der Waals surface area contributed by atoms with Gasteiger partial charge in [-0.05, 0) is 50.5 Å². The van der Waals surface area contributed by atoms with Crippen LogP contribution in [0, 0.1) is 0 Å². The number of benzene rings is 1. The maximum absolute atomic E-state index is 13.1. The fourth-order valence-corrected chi connectivity index (χ4v) is 4.76. The van der Waals surface area contributed by atoms with Crippen LogP contribution in [0.4, 0.5) is 5.82 Å². The molecule has 0 unspecified atom stereocenters. The van der Waals surface area contributed by atoms with Gasteiger partial charge in [0.15, 0.2) is 0 Å². The SMILES string of the molecule is CCOC(=O)c1ccc(N2CCCN(C(=O)CCc3nc4ccccc4c(=O)n3C3CC3)CC2)nc1. The summed E-state index contributed by atoms with van der Waals surface area (Å²) in [6.45, 7) is 4.82. The van der Waals surface area contributed by atoms with E-state index >= 15 is 0 Å². The zero-order valence-electron chi connectivity index (χ0n) is 20.6. The predicted octanol–water partition coefficient (Wildman–Crippen LogP) is 2.97. The van der Waals surface area contributed by atoms with Crippen molar-refractivity contribution in [3.8, 4) is 0 Å². The van der Waals surface area contributed by atoms with Crippen LogP contribution in [-0.2, 0) is 16.0 Å². The molecule has 3 heterocycles. The van der Waals surface area contributed by atoms with Crippen LogP contribution in [0.25, 0.3) is 10.9 Å². The molecule has 1 aliphatic heterocycles. The van der Waals surface area contributed by atoms with Crippen LogP contribution >= 0.6 is 0 Å². The van der Waals surface area contributed by atoms with Gasteiger partial charge in [0, 0.05) is 51.3 Å². The summed E-state index contributed by atoms with van der Waals surface area (Å²) in [6.07, 6.45) is 5.11. The van der Waals surface area contributed by atoms with Crippen molar-refractivity contribution in [2.75, 3.05) is 37.7 Å². The van der Waals surface area contributed by atoms with E-state index in [1.807, 2.05) is 39.8 Å². The lowest BCUT2D eigenvalue weighted by Gasteiger charge is -2.23. The molecule has 0 radical (unpaired) electrons. The fourth-order valence-electron chi connectivity index (χ4n) is 4.76. The molecule has 5 rings (SSSR count). The summed E-state index contributed by atoms with van der Waals surface area (Å²) in [5.74, 6) is 1.19. The van der Waals surface area contributed by atoms with E-state index in [-0.39, 0.29) is 23.5 Å². The number of aromatic nitrogens is 3. The lowest BCUT2D eigenvalue weighted by molar-refractivity contribution is -0.131. The molecular weight excluding hydrogens is 458 g/mol. The van der Waals surface area contributed by atoms with Crippen LogP contribution in [0.15, 0.2) is 47.4 Å². The van der Waals surface area contributed by atoms with Crippen LogP contribution in [0.1, 0.15) is 54.8 Å². The monoisotopic (exact) mass is 489 g/mol. The summed E-state index contributed by atoms with van der Waals surface area (Å²) in [5.41, 5.74) is 1.12. The Bertz CT molecular complexity index is 1320. The minimum atomic E-state index is -0.378. The van der Waals surface area contributed by atoms with Gasteiger partial charge in [-0.1, -0.05) is 12.1 Å². The summed E-state index contributed by atoms with van der Waals surface area (Å²) in [7, 11) is 0. The molecule has 3 aromatic rings. The van der Waals surface area contributed by atoms with Crippen molar-refractivity contribution in [2.45, 2.75) is 45.1 Å². The summed E-state index contributed by atoms with van der Waals surface area (Å²) < 4.78 is 6.83. The first-order chi connectivity index (χ1) is 17.5. The van der Waals surface area contributed by atoms with Crippen molar-refractivity contribution >= 4 is 28.6 Å². The molecule has 9 nitrogen and oxygen atoms in total. The number of pyridine rings is 1. The average Bonchev–Trinajstić information content (AvgIpc) is 3.75. The molecule has 0 atom stereocenters. The van der Waals surface area contributed by atoms with E-state index in [0.717, 1.165) is 31.6 Å². The highest BCUT2D eigenvalue weighted by atomic mass is 16.5. The highest BCUT2D eigenvalue weighted by Crippen LogP contribution is 2.35. The Balaban J connectivity index is 1.22. The number of fused-ring (bicyclic) bond motifs is 1. The lowest BCUT2D eigenvalue weighted by Crippen LogP contribution is -2.36. The Morgan fingerprint density at radius 3 is 2.64 bits per heavy atom. The Morgan fingerprint density at radius 1 is 1.06 bits per heavy atom. The second kappa shape index (κ2) is 10.5. The molecular formula is C27H31N5O4. The minimum absolute atomic E-state index is 0.00237. The number of anilines is 1. The molecule has 188 valence electrons. The van der Waals surface area contributed by atoms with Crippen LogP contribution in [0.5, 0.6) is 0 Å². The first-order valence-corrected chi connectivity index (χ1v) is 12.7. The van der Waals surface area contributed by atoms with E-state index in [0.29, 0.717) is 61.4 Å². The highest BCUT2D eigenvalue weighted by molar-refractivity contribution is 5.89. The van der Waals surface area contributed by atoms with Crippen molar-refractivity contribution in [3.05, 3.63) is 64.3 Å². The average molecular weight is 490 g/mol. The van der Waals surface area contributed by atoms with Crippen LogP contribution < -0.4 is 10.5 Å². The topological polar surface area (TPSA) is 97.6 Å². The fraction of sp³-hybridized carbons (Fsp3) is 0.444. The van der Waals surface area contributed by atoms with E-state index in [4.69, 9.17) is 9.72 Å². The van der Waals surface area contributed by atoms with E-state index in [2.05, 4.69) is 9.88 Å². The maximum atomic E-state index is 13.1. The van der Waals surface area contributed by atoms with Gasteiger partial charge in [0.2, 0.25) is 5.91 Å². The molecule has 1 aromatic carbocycles. The summed E-state index contributed by atoms with van der Waals surface area (Å²) in [5, 5.41) is 0.635. The molecule has 1 amide bonds. The van der Waals surface area contributed by atoms with Gasteiger partial charge in [-0.2, -0.15) is 0 Å². The first-order valence-electron chi connectivity index (χ1n) is 12.7. The van der Waals surface area contributed by atoms with Gasteiger partial charge in [0.1, 0.15) is 11.6 Å². The van der Waals surface area contributed by atoms with Crippen LogP contribution in [-0.4, -0.2) is 64.1 Å². The molecule has 9 heteroatoms. The lowest BCUT2D eigenvalue weighted by atomic mass is 10.2. The van der Waals surface area contributed by atoms with Gasteiger partial charge in [-0.15, -0.1) is 0 Å². The molecule has 1 aliphatic carbocycles. The van der Waals surface area contributed by atoms with E-state index in [1.54, 1.807) is 13.0 Å². The number of hydrogen-bond donors (Lipinski definition) is 0. The normalized spacial score (nSPS) is 16.1. The Labute approximate surface area is 209 Å². The summed E-state index contributed by atoms with van der Waals surface area (Å²) in [4.78, 5) is 51.3. The number of para-hydroxylation sites is 1. The van der Waals surface area contributed by atoms with Crippen molar-refractivity contribution in [3.63, 3.8) is 0 Å². The van der Waals surface area contributed by atoms with Crippen molar-refractivity contribution < 1.29 is 14.3 Å². The third kappa shape index (κ3) is 5.10. The molecule has 1 saturated heterocycles. The highest BCUT2D eigenvalue weighted by Gasteiger charge is 2.29. The Morgan fingerprint density at radius 2 is 1.89 bits per heavy atom. The number of aryl methyl sites for hydroxylation is 1. The zero-order valence-corrected chi connectivity index (χ0v) is 20.6. The molecule has 0 bridgehead atoms. The van der Waals surface area contributed by atoms with Gasteiger partial charge < -0.3 is 14.5 Å². The number of hydrogen-bond acceptors (Lipinski definition) is 7. The molecule has 2 aromatic heterocycles. The third-order valence-electron chi connectivity index (χ3n) is 6.79. The van der Waals surface area contributed by atoms with Gasteiger partial charge in [0.05, 0.1) is 23.1 Å². The number of amides is 1. The Hall–Kier alpha value is -3.75. The predicted molar refractivity (Wildman–Crippen MR) is 136 cm³/mol. The molecule has 2 fully saturated rings. The maximum Gasteiger partial charge on any atom is 0.339 e. The minimum Gasteiger partial charge on any atom is -0.462 e. The smallest absolute Gasteiger partial charge is 0.339 e. The van der Waals surface area contributed by atoms with Crippen LogP contribution in [0.3, 0.4) is 0 Å². The van der Waals surface area contributed by atoms with Gasteiger partial charge in [-0.3, -0.25) is 14.2 Å². The quantitative estimate of drug-likeness (QED) is 0.471. The van der Waals surface area contributed by atoms with Crippen LogP contribution in [0.2, 0.25) is 0 Å². The summed E-state index contributed by atoms with van der Waals surface area (Å²) in [6, 6.07) is 11.2. The number of esters is 1. The Kier molecular flexibility index (Phi) is 6.97. The van der Waals surface area contributed by atoms with Gasteiger partial charge in [0.25, 0.3) is 5.56 Å². The second-order valence-electron chi connectivity index (χ2n) is 9.30. The third-order valence-corrected chi connectivity index (χ3v) is 6.79. The first kappa shape index (κ1) is 24.0. The number of rotatable bonds is 7.